The van der Waals surface area contributed by atoms with Crippen LogP contribution in [0.25, 0.3) is 0 Å². The van der Waals surface area contributed by atoms with Crippen LogP contribution in [-0.2, 0) is 15.0 Å². The van der Waals surface area contributed by atoms with Gasteiger partial charge < -0.3 is 5.11 Å². The lowest BCUT2D eigenvalue weighted by atomic mass is 9.69. The molecule has 2 unspecified atom stereocenters. The number of benzene rings is 1. The Morgan fingerprint density at radius 2 is 1.83 bits per heavy atom. The van der Waals surface area contributed by atoms with E-state index in [0.29, 0.717) is 5.56 Å². The molecule has 4 heteroatoms. The minimum absolute atomic E-state index is 0.131. The molecule has 1 fully saturated rings. The van der Waals surface area contributed by atoms with Gasteiger partial charge in [0.15, 0.2) is 0 Å². The van der Waals surface area contributed by atoms with Crippen LogP contribution in [-0.4, -0.2) is 16.9 Å². The fraction of sp³-hybridized carbons (Fsp3) is 0.143. The Kier molecular flexibility index (Phi) is 2.13. The molecule has 18 heavy (non-hydrogen) atoms. The quantitative estimate of drug-likeness (QED) is 0.722. The third-order valence-corrected chi connectivity index (χ3v) is 3.50. The highest BCUT2D eigenvalue weighted by molar-refractivity contribution is 6.13. The molecule has 0 bridgehead atoms. The summed E-state index contributed by atoms with van der Waals surface area (Å²) in [5.41, 5.74) is -0.270. The van der Waals surface area contributed by atoms with Crippen molar-refractivity contribution in [2.24, 2.45) is 5.92 Å². The summed E-state index contributed by atoms with van der Waals surface area (Å²) in [4.78, 5) is 23.9. The number of aromatic hydroxyl groups is 1. The zero-order valence-corrected chi connectivity index (χ0v) is 9.46. The Hall–Kier alpha value is -2.36. The highest BCUT2D eigenvalue weighted by atomic mass is 16.3. The molecule has 0 radical (unpaired) electrons. The third kappa shape index (κ3) is 1.26. The minimum Gasteiger partial charge on any atom is -0.508 e. The summed E-state index contributed by atoms with van der Waals surface area (Å²) < 4.78 is 0. The van der Waals surface area contributed by atoms with Gasteiger partial charge in [-0.15, -0.1) is 0 Å². The highest BCUT2D eigenvalue weighted by Gasteiger charge is 2.54. The smallest absolute Gasteiger partial charge is 0.242 e. The molecule has 1 saturated heterocycles. The van der Waals surface area contributed by atoms with Gasteiger partial charge in [-0.05, 0) is 17.7 Å². The molecule has 4 nitrogen and oxygen atoms in total. The van der Waals surface area contributed by atoms with Crippen LogP contribution in [0.4, 0.5) is 0 Å². The molecule has 1 heterocycles. The van der Waals surface area contributed by atoms with E-state index in [-0.39, 0.29) is 17.6 Å². The number of rotatable bonds is 1. The number of nitrogens with one attached hydrogen (secondary N) is 1. The lowest BCUT2D eigenvalue weighted by Crippen LogP contribution is -2.38. The predicted octanol–water partition coefficient (Wildman–Crippen LogP) is 1.03. The molecule has 1 aliphatic carbocycles. The first-order chi connectivity index (χ1) is 8.64. The summed E-state index contributed by atoms with van der Waals surface area (Å²) in [6.45, 7) is 0. The number of allylic oxidation sites excluding steroid dienone is 2. The number of fused-ring (bicyclic) bond motifs is 1. The van der Waals surface area contributed by atoms with E-state index in [1.54, 1.807) is 36.4 Å². The number of imide groups is 1. The second kappa shape index (κ2) is 3.57. The SMILES string of the molecule is O=C1NC(=O)C2(c3ccc(O)cc3)C=CC=CC12. The van der Waals surface area contributed by atoms with E-state index in [1.807, 2.05) is 0 Å². The molecule has 1 aromatic carbocycles. The van der Waals surface area contributed by atoms with Gasteiger partial charge in [-0.25, -0.2) is 0 Å². The van der Waals surface area contributed by atoms with Crippen LogP contribution in [0.15, 0.2) is 48.6 Å². The second-order valence-corrected chi connectivity index (χ2v) is 4.46. The van der Waals surface area contributed by atoms with Crippen molar-refractivity contribution in [3.8, 4) is 5.75 Å². The van der Waals surface area contributed by atoms with Gasteiger partial charge in [-0.2, -0.15) is 0 Å². The van der Waals surface area contributed by atoms with E-state index in [9.17, 15) is 14.7 Å². The van der Waals surface area contributed by atoms with E-state index < -0.39 is 11.3 Å². The minimum atomic E-state index is -0.973. The summed E-state index contributed by atoms with van der Waals surface area (Å²) in [5, 5.41) is 11.7. The molecule has 0 saturated carbocycles. The first kappa shape index (κ1) is 10.8. The number of carbonyl (C=O) groups is 2. The molecule has 2 N–H and O–H groups in total. The molecule has 1 aromatic rings. The van der Waals surface area contributed by atoms with Gasteiger partial charge in [0.2, 0.25) is 11.8 Å². The first-order valence-corrected chi connectivity index (χ1v) is 5.65. The Bertz CT molecular complexity index is 586. The number of carbonyl (C=O) groups excluding carboxylic acids is 2. The lowest BCUT2D eigenvalue weighted by Gasteiger charge is -2.28. The molecular formula is C14H11NO3. The van der Waals surface area contributed by atoms with Crippen LogP contribution in [0.3, 0.4) is 0 Å². The molecule has 0 spiro atoms. The van der Waals surface area contributed by atoms with Crippen molar-refractivity contribution >= 4 is 11.8 Å². The average molecular weight is 241 g/mol. The number of hydrogen-bond acceptors (Lipinski definition) is 3. The maximum absolute atomic E-state index is 12.1. The van der Waals surface area contributed by atoms with E-state index in [1.165, 1.54) is 12.1 Å². The van der Waals surface area contributed by atoms with Crippen LogP contribution in [0.2, 0.25) is 0 Å². The Balaban J connectivity index is 2.19. The van der Waals surface area contributed by atoms with Crippen molar-refractivity contribution in [1.82, 2.24) is 5.32 Å². The normalized spacial score (nSPS) is 29.2. The Morgan fingerprint density at radius 1 is 1.11 bits per heavy atom. The van der Waals surface area contributed by atoms with Gasteiger partial charge in [0.1, 0.15) is 11.2 Å². The fourth-order valence-corrected chi connectivity index (χ4v) is 2.59. The summed E-state index contributed by atoms with van der Waals surface area (Å²) in [6, 6.07) is 6.38. The zero-order valence-electron chi connectivity index (χ0n) is 9.46. The topological polar surface area (TPSA) is 66.4 Å². The van der Waals surface area contributed by atoms with Gasteiger partial charge in [0, 0.05) is 0 Å². The third-order valence-electron chi connectivity index (χ3n) is 3.50. The van der Waals surface area contributed by atoms with Gasteiger partial charge in [-0.3, -0.25) is 14.9 Å². The van der Waals surface area contributed by atoms with Crippen molar-refractivity contribution in [2.45, 2.75) is 5.41 Å². The fourth-order valence-electron chi connectivity index (χ4n) is 2.59. The zero-order chi connectivity index (χ0) is 12.8. The van der Waals surface area contributed by atoms with Crippen LogP contribution in [0, 0.1) is 5.92 Å². The second-order valence-electron chi connectivity index (χ2n) is 4.46. The van der Waals surface area contributed by atoms with Gasteiger partial charge in [-0.1, -0.05) is 36.4 Å². The van der Waals surface area contributed by atoms with Crippen molar-refractivity contribution in [1.29, 1.82) is 0 Å². The van der Waals surface area contributed by atoms with Crippen LogP contribution >= 0.6 is 0 Å². The number of phenols is 1. The lowest BCUT2D eigenvalue weighted by molar-refractivity contribution is -0.126. The van der Waals surface area contributed by atoms with Gasteiger partial charge in [0.25, 0.3) is 0 Å². The molecule has 2 amide bonds. The molecule has 1 aliphatic heterocycles. The molecule has 3 rings (SSSR count). The van der Waals surface area contributed by atoms with Crippen molar-refractivity contribution in [3.05, 3.63) is 54.1 Å². The summed E-state index contributed by atoms with van der Waals surface area (Å²) in [6.07, 6.45) is 7.00. The van der Waals surface area contributed by atoms with Crippen molar-refractivity contribution in [3.63, 3.8) is 0 Å². The van der Waals surface area contributed by atoms with Crippen LogP contribution in [0.1, 0.15) is 5.56 Å². The largest absolute Gasteiger partial charge is 0.508 e. The van der Waals surface area contributed by atoms with Gasteiger partial charge >= 0.3 is 0 Å². The maximum atomic E-state index is 12.1. The maximum Gasteiger partial charge on any atom is 0.242 e. The van der Waals surface area contributed by atoms with E-state index in [4.69, 9.17) is 0 Å². The standard InChI is InChI=1S/C14H11NO3/c16-10-6-4-9(5-7-10)14-8-2-1-3-11(14)12(17)15-13(14)18/h1-8,11,16H,(H,15,17,18). The number of phenolic OH excluding ortho intramolecular Hbond substituents is 1. The molecule has 90 valence electrons. The molecular weight excluding hydrogens is 230 g/mol. The highest BCUT2D eigenvalue weighted by Crippen LogP contribution is 2.41. The number of hydrogen-bond donors (Lipinski definition) is 2. The first-order valence-electron chi connectivity index (χ1n) is 5.65. The van der Waals surface area contributed by atoms with E-state index in [2.05, 4.69) is 5.32 Å². The summed E-state index contributed by atoms with van der Waals surface area (Å²) in [5.74, 6) is -0.983. The Morgan fingerprint density at radius 3 is 2.56 bits per heavy atom. The van der Waals surface area contributed by atoms with Crippen molar-refractivity contribution in [2.75, 3.05) is 0 Å². The monoisotopic (exact) mass is 241 g/mol. The van der Waals surface area contributed by atoms with E-state index in [0.717, 1.165) is 0 Å². The summed E-state index contributed by atoms with van der Waals surface area (Å²) >= 11 is 0. The van der Waals surface area contributed by atoms with Gasteiger partial charge in [0.05, 0.1) is 5.92 Å². The van der Waals surface area contributed by atoms with Crippen LogP contribution in [0.5, 0.6) is 5.75 Å². The predicted molar refractivity (Wildman–Crippen MR) is 64.7 cm³/mol. The average Bonchev–Trinajstić information content (AvgIpc) is 2.64. The molecule has 0 aromatic heterocycles. The molecule has 2 atom stereocenters. The van der Waals surface area contributed by atoms with E-state index >= 15 is 0 Å². The Labute approximate surface area is 104 Å². The summed E-state index contributed by atoms with van der Waals surface area (Å²) in [7, 11) is 0. The van der Waals surface area contributed by atoms with Crippen LogP contribution < -0.4 is 5.32 Å². The number of amides is 2. The van der Waals surface area contributed by atoms with Crippen molar-refractivity contribution < 1.29 is 14.7 Å². The molecule has 2 aliphatic rings.